The van der Waals surface area contributed by atoms with E-state index in [-0.39, 0.29) is 0 Å². The number of hydrogen-bond acceptors (Lipinski definition) is 3. The van der Waals surface area contributed by atoms with Gasteiger partial charge in [0.1, 0.15) is 0 Å². The Kier molecular flexibility index (Phi) is 6.21. The second kappa shape index (κ2) is 7.17. The summed E-state index contributed by atoms with van der Waals surface area (Å²) >= 11 is 1.99. The van der Waals surface area contributed by atoms with Crippen molar-refractivity contribution in [2.75, 3.05) is 19.3 Å². The normalized spacial score (nSPS) is 18.8. The second-order valence-electron chi connectivity index (χ2n) is 4.62. The highest BCUT2D eigenvalue weighted by Gasteiger charge is 2.32. The van der Waals surface area contributed by atoms with E-state index in [9.17, 15) is 4.79 Å². The van der Waals surface area contributed by atoms with Gasteiger partial charge in [0.15, 0.2) is 0 Å². The van der Waals surface area contributed by atoms with Crippen molar-refractivity contribution in [2.24, 2.45) is 0 Å². The van der Waals surface area contributed by atoms with Crippen LogP contribution in [-0.4, -0.2) is 35.2 Å². The molecule has 0 saturated heterocycles. The van der Waals surface area contributed by atoms with Gasteiger partial charge >= 0.3 is 5.97 Å². The van der Waals surface area contributed by atoms with Crippen LogP contribution >= 0.6 is 11.8 Å². The number of hydrogen-bond donors (Lipinski definition) is 2. The van der Waals surface area contributed by atoms with Crippen LogP contribution in [0.3, 0.4) is 0 Å². The van der Waals surface area contributed by atoms with E-state index in [0.717, 1.165) is 25.9 Å². The first-order chi connectivity index (χ1) is 7.68. The van der Waals surface area contributed by atoms with Crippen LogP contribution in [-0.2, 0) is 4.79 Å². The summed E-state index contributed by atoms with van der Waals surface area (Å²) in [6, 6.07) is 0. The lowest BCUT2D eigenvalue weighted by atomic mass is 10.1. The highest BCUT2D eigenvalue weighted by Crippen LogP contribution is 2.39. The Morgan fingerprint density at radius 1 is 1.38 bits per heavy atom. The molecule has 1 fully saturated rings. The van der Waals surface area contributed by atoms with Gasteiger partial charge in [-0.25, -0.2) is 0 Å². The van der Waals surface area contributed by atoms with E-state index in [2.05, 4.69) is 11.6 Å². The van der Waals surface area contributed by atoms with Crippen LogP contribution in [0.1, 0.15) is 44.9 Å². The molecule has 0 amide bonds. The molecule has 0 aromatic rings. The van der Waals surface area contributed by atoms with Crippen LogP contribution in [0.15, 0.2) is 0 Å². The van der Waals surface area contributed by atoms with Crippen molar-refractivity contribution in [3.63, 3.8) is 0 Å². The van der Waals surface area contributed by atoms with Crippen molar-refractivity contribution in [3.05, 3.63) is 0 Å². The first kappa shape index (κ1) is 13.8. The first-order valence-electron chi connectivity index (χ1n) is 6.16. The SMILES string of the molecule is CSC1(CNCCCCC(=O)O)CCCC1. The van der Waals surface area contributed by atoms with Crippen LogP contribution < -0.4 is 5.32 Å². The van der Waals surface area contributed by atoms with Crippen molar-refractivity contribution in [1.82, 2.24) is 5.32 Å². The summed E-state index contributed by atoms with van der Waals surface area (Å²) in [5.74, 6) is -0.684. The van der Waals surface area contributed by atoms with E-state index in [1.54, 1.807) is 0 Å². The Hall–Kier alpha value is -0.220. The molecule has 94 valence electrons. The Labute approximate surface area is 102 Å². The van der Waals surface area contributed by atoms with E-state index in [4.69, 9.17) is 5.11 Å². The summed E-state index contributed by atoms with van der Waals surface area (Å²) in [5, 5.41) is 12.0. The van der Waals surface area contributed by atoms with Crippen LogP contribution in [0.4, 0.5) is 0 Å². The van der Waals surface area contributed by atoms with Crippen LogP contribution in [0.2, 0.25) is 0 Å². The van der Waals surface area contributed by atoms with E-state index in [1.807, 2.05) is 11.8 Å². The molecule has 2 N–H and O–H groups in total. The summed E-state index contributed by atoms with van der Waals surface area (Å²) in [6.45, 7) is 2.04. The average Bonchev–Trinajstić information content (AvgIpc) is 2.72. The topological polar surface area (TPSA) is 49.3 Å². The maximum absolute atomic E-state index is 10.3. The minimum Gasteiger partial charge on any atom is -0.481 e. The lowest BCUT2D eigenvalue weighted by Gasteiger charge is -2.27. The molecule has 0 aromatic carbocycles. The predicted molar refractivity (Wildman–Crippen MR) is 69.1 cm³/mol. The lowest BCUT2D eigenvalue weighted by Crippen LogP contribution is -2.35. The van der Waals surface area contributed by atoms with Crippen LogP contribution in [0.25, 0.3) is 0 Å². The molecule has 1 rings (SSSR count). The molecule has 0 atom stereocenters. The van der Waals surface area contributed by atoms with E-state index in [0.29, 0.717) is 11.2 Å². The Morgan fingerprint density at radius 2 is 2.06 bits per heavy atom. The zero-order valence-electron chi connectivity index (χ0n) is 10.1. The Morgan fingerprint density at radius 3 is 2.62 bits per heavy atom. The molecule has 0 bridgehead atoms. The highest BCUT2D eigenvalue weighted by molar-refractivity contribution is 8.00. The van der Waals surface area contributed by atoms with Crippen molar-refractivity contribution < 1.29 is 9.90 Å². The van der Waals surface area contributed by atoms with Crippen LogP contribution in [0.5, 0.6) is 0 Å². The Bertz CT molecular complexity index is 215. The molecule has 1 saturated carbocycles. The third-order valence-electron chi connectivity index (χ3n) is 3.39. The minimum atomic E-state index is -0.684. The van der Waals surface area contributed by atoms with Gasteiger partial charge in [-0.05, 0) is 38.5 Å². The number of unbranched alkanes of at least 4 members (excludes halogenated alkanes) is 1. The van der Waals surface area contributed by atoms with Crippen LogP contribution in [0, 0.1) is 0 Å². The lowest BCUT2D eigenvalue weighted by molar-refractivity contribution is -0.137. The molecular weight excluding hydrogens is 222 g/mol. The summed E-state index contributed by atoms with van der Waals surface area (Å²) in [7, 11) is 0. The predicted octanol–water partition coefficient (Wildman–Crippen LogP) is 2.51. The van der Waals surface area contributed by atoms with Gasteiger partial charge in [-0.3, -0.25) is 4.79 Å². The van der Waals surface area contributed by atoms with Gasteiger partial charge in [0.25, 0.3) is 0 Å². The molecule has 1 aliphatic carbocycles. The van der Waals surface area contributed by atoms with E-state index < -0.39 is 5.97 Å². The van der Waals surface area contributed by atoms with E-state index >= 15 is 0 Å². The van der Waals surface area contributed by atoms with E-state index in [1.165, 1.54) is 25.7 Å². The molecule has 4 heteroatoms. The summed E-state index contributed by atoms with van der Waals surface area (Å²) in [6.07, 6.45) is 9.65. The fraction of sp³-hybridized carbons (Fsp3) is 0.917. The molecule has 0 aromatic heterocycles. The van der Waals surface area contributed by atoms with Crippen molar-refractivity contribution in [2.45, 2.75) is 49.7 Å². The smallest absolute Gasteiger partial charge is 0.303 e. The molecule has 0 heterocycles. The quantitative estimate of drug-likeness (QED) is 0.645. The zero-order chi connectivity index (χ0) is 11.9. The maximum atomic E-state index is 10.3. The maximum Gasteiger partial charge on any atom is 0.303 e. The van der Waals surface area contributed by atoms with Crippen molar-refractivity contribution >= 4 is 17.7 Å². The van der Waals surface area contributed by atoms with Gasteiger partial charge in [0, 0.05) is 17.7 Å². The molecule has 0 aliphatic heterocycles. The number of rotatable bonds is 8. The summed E-state index contributed by atoms with van der Waals surface area (Å²) < 4.78 is 0.465. The van der Waals surface area contributed by atoms with Gasteiger partial charge in [-0.2, -0.15) is 11.8 Å². The van der Waals surface area contributed by atoms with Crippen molar-refractivity contribution in [3.8, 4) is 0 Å². The Balaban J connectivity index is 2.03. The number of carboxylic acids is 1. The first-order valence-corrected chi connectivity index (χ1v) is 7.39. The number of thioether (sulfide) groups is 1. The van der Waals surface area contributed by atoms with Gasteiger partial charge in [-0.1, -0.05) is 12.8 Å². The number of carbonyl (C=O) groups is 1. The highest BCUT2D eigenvalue weighted by atomic mass is 32.2. The molecule has 16 heavy (non-hydrogen) atoms. The fourth-order valence-corrected chi connectivity index (χ4v) is 3.26. The summed E-state index contributed by atoms with van der Waals surface area (Å²) in [4.78, 5) is 10.3. The van der Waals surface area contributed by atoms with Gasteiger partial charge in [-0.15, -0.1) is 0 Å². The molecular formula is C12H23NO2S. The summed E-state index contributed by atoms with van der Waals surface area (Å²) in [5.41, 5.74) is 0. The standard InChI is InChI=1S/C12H23NO2S/c1-16-12(7-3-4-8-12)10-13-9-5-2-6-11(14)15/h13H,2-10H2,1H3,(H,14,15). The number of aliphatic carboxylic acids is 1. The monoisotopic (exact) mass is 245 g/mol. The molecule has 0 spiro atoms. The van der Waals surface area contributed by atoms with Gasteiger partial charge in [0.2, 0.25) is 0 Å². The number of carboxylic acid groups (broad SMARTS) is 1. The zero-order valence-corrected chi connectivity index (χ0v) is 10.9. The molecule has 0 radical (unpaired) electrons. The van der Waals surface area contributed by atoms with Crippen molar-refractivity contribution in [1.29, 1.82) is 0 Å². The average molecular weight is 245 g/mol. The molecule has 0 unspecified atom stereocenters. The van der Waals surface area contributed by atoms with Gasteiger partial charge in [0.05, 0.1) is 0 Å². The molecule has 1 aliphatic rings. The van der Waals surface area contributed by atoms with Gasteiger partial charge < -0.3 is 10.4 Å². The number of nitrogens with one attached hydrogen (secondary N) is 1. The fourth-order valence-electron chi connectivity index (χ4n) is 2.31. The minimum absolute atomic E-state index is 0.301. The molecule has 3 nitrogen and oxygen atoms in total. The second-order valence-corrected chi connectivity index (χ2v) is 5.90. The largest absolute Gasteiger partial charge is 0.481 e. The third-order valence-corrected chi connectivity index (χ3v) is 4.81. The third kappa shape index (κ3) is 4.74.